The molecule has 2 aromatic rings. The largest absolute Gasteiger partial charge is 0.478 e. The first-order valence-corrected chi connectivity index (χ1v) is 5.03. The van der Waals surface area contributed by atoms with Crippen molar-refractivity contribution in [2.24, 2.45) is 0 Å². The van der Waals surface area contributed by atoms with Crippen molar-refractivity contribution in [3.05, 3.63) is 29.5 Å². The minimum Gasteiger partial charge on any atom is -0.478 e. The zero-order valence-electron chi connectivity index (χ0n) is 9.44. The maximum Gasteiger partial charge on any atom is 0.335 e. The number of fused-ring (bicyclic) bond motifs is 1. The number of aromatic carboxylic acids is 1. The van der Waals surface area contributed by atoms with E-state index in [-0.39, 0.29) is 11.0 Å². The second-order valence-corrected chi connectivity index (χ2v) is 4.80. The van der Waals surface area contributed by atoms with Crippen LogP contribution in [0.4, 0.5) is 0 Å². The van der Waals surface area contributed by atoms with Gasteiger partial charge in [0.05, 0.1) is 5.56 Å². The number of rotatable bonds is 1. The predicted octanol–water partition coefficient (Wildman–Crippen LogP) is 2.82. The molecule has 0 spiro atoms. The third kappa shape index (κ3) is 1.66. The first-order chi connectivity index (χ1) is 7.39. The van der Waals surface area contributed by atoms with Crippen LogP contribution in [-0.4, -0.2) is 16.2 Å². The number of nitrogens with zero attached hydrogens (tertiary/aromatic N) is 1. The zero-order chi connectivity index (χ0) is 11.9. The molecule has 16 heavy (non-hydrogen) atoms. The molecule has 0 amide bonds. The van der Waals surface area contributed by atoms with Crippen molar-refractivity contribution in [3.8, 4) is 0 Å². The van der Waals surface area contributed by atoms with Crippen molar-refractivity contribution < 1.29 is 14.4 Å². The van der Waals surface area contributed by atoms with Crippen LogP contribution in [0.1, 0.15) is 36.9 Å². The van der Waals surface area contributed by atoms with Gasteiger partial charge in [-0.3, -0.25) is 0 Å². The summed E-state index contributed by atoms with van der Waals surface area (Å²) < 4.78 is 5.27. The van der Waals surface area contributed by atoms with Crippen LogP contribution in [0.15, 0.2) is 22.7 Å². The molecular weight excluding hydrogens is 206 g/mol. The van der Waals surface area contributed by atoms with Crippen molar-refractivity contribution >= 4 is 16.9 Å². The maximum absolute atomic E-state index is 10.9. The summed E-state index contributed by atoms with van der Waals surface area (Å²) in [7, 11) is 0. The molecule has 0 saturated carbocycles. The molecule has 84 valence electrons. The molecule has 0 aliphatic rings. The summed E-state index contributed by atoms with van der Waals surface area (Å²) in [5.41, 5.74) is 0.752. The van der Waals surface area contributed by atoms with Gasteiger partial charge in [-0.05, 0) is 18.2 Å². The summed E-state index contributed by atoms with van der Waals surface area (Å²) >= 11 is 0. The topological polar surface area (TPSA) is 63.3 Å². The lowest BCUT2D eigenvalue weighted by atomic mass is 9.90. The Morgan fingerprint density at radius 3 is 2.62 bits per heavy atom. The van der Waals surface area contributed by atoms with Gasteiger partial charge in [0.25, 0.3) is 0 Å². The van der Waals surface area contributed by atoms with Crippen LogP contribution in [-0.2, 0) is 5.41 Å². The summed E-state index contributed by atoms with van der Waals surface area (Å²) in [5.74, 6) is -0.228. The molecule has 0 aliphatic carbocycles. The zero-order valence-corrected chi connectivity index (χ0v) is 9.44. The van der Waals surface area contributed by atoms with Gasteiger partial charge in [-0.25, -0.2) is 4.79 Å². The number of carboxylic acids is 1. The fourth-order valence-electron chi connectivity index (χ4n) is 1.62. The standard InChI is InChI=1S/C12H13NO3/c1-12(2,3)10-8-6-7(11(14)15)4-5-9(8)13-16-10/h4-6H,1-3H3,(H,14,15). The van der Waals surface area contributed by atoms with E-state index in [1.54, 1.807) is 12.1 Å². The maximum atomic E-state index is 10.9. The van der Waals surface area contributed by atoms with Gasteiger partial charge in [-0.15, -0.1) is 0 Å². The lowest BCUT2D eigenvalue weighted by Crippen LogP contribution is -2.10. The summed E-state index contributed by atoms with van der Waals surface area (Å²) in [4.78, 5) is 10.9. The van der Waals surface area contributed by atoms with Crippen molar-refractivity contribution in [2.45, 2.75) is 26.2 Å². The highest BCUT2D eigenvalue weighted by Crippen LogP contribution is 2.30. The fourth-order valence-corrected chi connectivity index (χ4v) is 1.62. The molecule has 4 heteroatoms. The van der Waals surface area contributed by atoms with E-state index in [0.29, 0.717) is 11.3 Å². The van der Waals surface area contributed by atoms with E-state index in [4.69, 9.17) is 9.63 Å². The molecular formula is C12H13NO3. The third-order valence-corrected chi connectivity index (χ3v) is 2.40. The van der Waals surface area contributed by atoms with Crippen LogP contribution in [0.2, 0.25) is 0 Å². The second-order valence-electron chi connectivity index (χ2n) is 4.80. The van der Waals surface area contributed by atoms with E-state index in [1.165, 1.54) is 6.07 Å². The van der Waals surface area contributed by atoms with E-state index in [9.17, 15) is 4.79 Å². The van der Waals surface area contributed by atoms with Crippen LogP contribution < -0.4 is 0 Å². The molecule has 1 aromatic carbocycles. The number of carboxylic acid groups (broad SMARTS) is 1. The van der Waals surface area contributed by atoms with Crippen LogP contribution >= 0.6 is 0 Å². The van der Waals surface area contributed by atoms with E-state index in [0.717, 1.165) is 5.39 Å². The molecule has 0 bridgehead atoms. The van der Waals surface area contributed by atoms with Crippen molar-refractivity contribution in [3.63, 3.8) is 0 Å². The van der Waals surface area contributed by atoms with Gasteiger partial charge in [-0.1, -0.05) is 25.9 Å². The molecule has 0 fully saturated rings. The molecule has 1 N–H and O–H groups in total. The van der Waals surface area contributed by atoms with Crippen molar-refractivity contribution in [2.75, 3.05) is 0 Å². The quantitative estimate of drug-likeness (QED) is 0.801. The Labute approximate surface area is 92.9 Å². The van der Waals surface area contributed by atoms with Gasteiger partial charge in [-0.2, -0.15) is 0 Å². The van der Waals surface area contributed by atoms with E-state index in [2.05, 4.69) is 5.16 Å². The van der Waals surface area contributed by atoms with Crippen LogP contribution in [0, 0.1) is 0 Å². The summed E-state index contributed by atoms with van der Waals surface area (Å²) in [5, 5.41) is 13.6. The average Bonchev–Trinajstić information content (AvgIpc) is 2.58. The first-order valence-electron chi connectivity index (χ1n) is 5.03. The summed E-state index contributed by atoms with van der Waals surface area (Å²) in [6.07, 6.45) is 0. The predicted molar refractivity (Wildman–Crippen MR) is 59.7 cm³/mol. The Balaban J connectivity index is 2.70. The Hall–Kier alpha value is -1.84. The minimum atomic E-state index is -0.942. The van der Waals surface area contributed by atoms with Crippen LogP contribution in [0.3, 0.4) is 0 Å². The normalized spacial score (nSPS) is 11.9. The Morgan fingerprint density at radius 1 is 1.38 bits per heavy atom. The Morgan fingerprint density at radius 2 is 2.06 bits per heavy atom. The molecule has 1 heterocycles. The first kappa shape index (κ1) is 10.7. The molecule has 0 radical (unpaired) electrons. The Bertz CT molecular complexity index is 549. The van der Waals surface area contributed by atoms with Gasteiger partial charge in [0.15, 0.2) is 0 Å². The molecule has 0 saturated heterocycles. The Kier molecular flexibility index (Phi) is 2.22. The van der Waals surface area contributed by atoms with Gasteiger partial charge in [0, 0.05) is 10.8 Å². The molecule has 0 atom stereocenters. The third-order valence-electron chi connectivity index (χ3n) is 2.40. The molecule has 2 rings (SSSR count). The molecule has 0 unspecified atom stereocenters. The average molecular weight is 219 g/mol. The number of hydrogen-bond acceptors (Lipinski definition) is 3. The van der Waals surface area contributed by atoms with Gasteiger partial charge in [0.1, 0.15) is 11.3 Å². The minimum absolute atomic E-state index is 0.189. The van der Waals surface area contributed by atoms with Crippen molar-refractivity contribution in [1.82, 2.24) is 5.16 Å². The lowest BCUT2D eigenvalue weighted by Gasteiger charge is -2.13. The highest BCUT2D eigenvalue weighted by atomic mass is 16.5. The molecule has 4 nitrogen and oxygen atoms in total. The highest BCUT2D eigenvalue weighted by Gasteiger charge is 2.23. The summed E-state index contributed by atoms with van der Waals surface area (Å²) in [6, 6.07) is 4.80. The monoisotopic (exact) mass is 219 g/mol. The number of aromatic nitrogens is 1. The highest BCUT2D eigenvalue weighted by molar-refractivity contribution is 5.94. The van der Waals surface area contributed by atoms with Gasteiger partial charge in [0.2, 0.25) is 0 Å². The van der Waals surface area contributed by atoms with E-state index < -0.39 is 5.97 Å². The number of carbonyl (C=O) groups is 1. The second kappa shape index (κ2) is 3.33. The molecule has 1 aromatic heterocycles. The smallest absolute Gasteiger partial charge is 0.335 e. The van der Waals surface area contributed by atoms with Gasteiger partial charge >= 0.3 is 5.97 Å². The van der Waals surface area contributed by atoms with E-state index >= 15 is 0 Å². The van der Waals surface area contributed by atoms with E-state index in [1.807, 2.05) is 20.8 Å². The number of benzene rings is 1. The van der Waals surface area contributed by atoms with Gasteiger partial charge < -0.3 is 9.63 Å². The molecule has 0 aliphatic heterocycles. The van der Waals surface area contributed by atoms with Crippen LogP contribution in [0.25, 0.3) is 10.9 Å². The summed E-state index contributed by atoms with van der Waals surface area (Å²) in [6.45, 7) is 6.00. The van der Waals surface area contributed by atoms with Crippen LogP contribution in [0.5, 0.6) is 0 Å². The lowest BCUT2D eigenvalue weighted by molar-refractivity contribution is 0.0697. The number of hydrogen-bond donors (Lipinski definition) is 1. The fraction of sp³-hybridized carbons (Fsp3) is 0.333. The SMILES string of the molecule is CC(C)(C)c1onc2ccc(C(=O)O)cc12. The van der Waals surface area contributed by atoms with Crippen molar-refractivity contribution in [1.29, 1.82) is 0 Å².